The molecule has 0 bridgehead atoms. The van der Waals surface area contributed by atoms with Gasteiger partial charge in [-0.05, 0) is 29.7 Å². The molecule has 0 unspecified atom stereocenters. The summed E-state index contributed by atoms with van der Waals surface area (Å²) in [6.07, 6.45) is 1.66. The van der Waals surface area contributed by atoms with Crippen molar-refractivity contribution in [2.75, 3.05) is 0 Å². The number of hydrogen-bond donors (Lipinski definition) is 0. The Morgan fingerprint density at radius 1 is 1.31 bits per heavy atom. The molecule has 0 aromatic heterocycles. The number of ketones is 1. The van der Waals surface area contributed by atoms with Gasteiger partial charge in [-0.25, -0.2) is 4.39 Å². The van der Waals surface area contributed by atoms with Gasteiger partial charge in [-0.15, -0.1) is 0 Å². The summed E-state index contributed by atoms with van der Waals surface area (Å²) in [6, 6.07) is 2.93. The molecule has 0 aliphatic heterocycles. The monoisotopic (exact) mass is 242 g/mol. The van der Waals surface area contributed by atoms with E-state index in [1.165, 1.54) is 12.1 Å². The van der Waals surface area contributed by atoms with Gasteiger partial charge in [0.1, 0.15) is 11.6 Å². The minimum absolute atomic E-state index is 0.236. The van der Waals surface area contributed by atoms with Crippen LogP contribution in [0.2, 0.25) is 0 Å². The Balaban J connectivity index is 2.53. The van der Waals surface area contributed by atoms with E-state index in [9.17, 15) is 9.18 Å². The van der Waals surface area contributed by atoms with Crippen LogP contribution in [0.5, 0.6) is 0 Å². The third-order valence-corrected chi connectivity index (χ3v) is 3.01. The molecule has 1 aromatic carbocycles. The number of carbonyl (C=O) groups excluding carboxylic acids is 1. The van der Waals surface area contributed by atoms with Crippen molar-refractivity contribution in [1.29, 1.82) is 0 Å². The zero-order chi connectivity index (χ0) is 9.42. The summed E-state index contributed by atoms with van der Waals surface area (Å²) in [6.45, 7) is 0. The van der Waals surface area contributed by atoms with Crippen molar-refractivity contribution in [2.24, 2.45) is 0 Å². The zero-order valence-corrected chi connectivity index (χ0v) is 8.53. The Labute approximate surface area is 84.1 Å². The molecule has 1 aliphatic rings. The molecule has 1 aliphatic carbocycles. The van der Waals surface area contributed by atoms with Crippen molar-refractivity contribution < 1.29 is 9.18 Å². The van der Waals surface area contributed by atoms with Crippen LogP contribution in [0, 0.1) is 5.82 Å². The number of fused-ring (bicyclic) bond motifs is 1. The highest BCUT2D eigenvalue weighted by molar-refractivity contribution is 9.10. The second-order valence-corrected chi connectivity index (χ2v) is 4.10. The second kappa shape index (κ2) is 3.22. The van der Waals surface area contributed by atoms with E-state index in [0.29, 0.717) is 19.3 Å². The zero-order valence-electron chi connectivity index (χ0n) is 6.94. The molecule has 0 saturated carbocycles. The van der Waals surface area contributed by atoms with Crippen LogP contribution in [0.15, 0.2) is 16.6 Å². The van der Waals surface area contributed by atoms with Crippen molar-refractivity contribution in [3.63, 3.8) is 0 Å². The predicted molar refractivity (Wildman–Crippen MR) is 51.1 cm³/mol. The van der Waals surface area contributed by atoms with E-state index < -0.39 is 0 Å². The maximum absolute atomic E-state index is 12.9. The van der Waals surface area contributed by atoms with Crippen LogP contribution in [-0.2, 0) is 17.6 Å². The molecule has 0 radical (unpaired) electrons. The quantitative estimate of drug-likeness (QED) is 0.684. The van der Waals surface area contributed by atoms with E-state index in [2.05, 4.69) is 15.9 Å². The number of carbonyl (C=O) groups is 1. The molecule has 1 nitrogen and oxygen atoms in total. The highest BCUT2D eigenvalue weighted by Gasteiger charge is 2.18. The Morgan fingerprint density at radius 3 is 2.85 bits per heavy atom. The van der Waals surface area contributed by atoms with Crippen molar-refractivity contribution in [3.05, 3.63) is 33.5 Å². The number of Topliss-reactive ketones (excluding diaryl/α,β-unsaturated/α-hetero) is 1. The first-order valence-corrected chi connectivity index (χ1v) is 4.94. The van der Waals surface area contributed by atoms with Gasteiger partial charge in [-0.3, -0.25) is 4.79 Å². The normalized spacial score (nSPS) is 15.7. The van der Waals surface area contributed by atoms with Crippen molar-refractivity contribution in [3.8, 4) is 0 Å². The van der Waals surface area contributed by atoms with Gasteiger partial charge in [-0.2, -0.15) is 0 Å². The molecule has 0 spiro atoms. The predicted octanol–water partition coefficient (Wildman–Crippen LogP) is 2.65. The molecule has 0 heterocycles. The number of aryl methyl sites for hydroxylation is 1. The summed E-state index contributed by atoms with van der Waals surface area (Å²) >= 11 is 3.27. The Morgan fingerprint density at radius 2 is 2.08 bits per heavy atom. The average molecular weight is 243 g/mol. The largest absolute Gasteiger partial charge is 0.299 e. The van der Waals surface area contributed by atoms with E-state index in [1.54, 1.807) is 0 Å². The average Bonchev–Trinajstić information content (AvgIpc) is 2.06. The summed E-state index contributed by atoms with van der Waals surface area (Å²) in [5.74, 6) is -0.000202. The van der Waals surface area contributed by atoms with Gasteiger partial charge in [0, 0.05) is 17.3 Å². The van der Waals surface area contributed by atoms with Crippen LogP contribution in [0.25, 0.3) is 0 Å². The number of hydrogen-bond acceptors (Lipinski definition) is 1. The van der Waals surface area contributed by atoms with Crippen molar-refractivity contribution in [2.45, 2.75) is 19.3 Å². The van der Waals surface area contributed by atoms with E-state index in [-0.39, 0.29) is 11.6 Å². The number of benzene rings is 1. The van der Waals surface area contributed by atoms with Crippen LogP contribution < -0.4 is 0 Å². The van der Waals surface area contributed by atoms with Gasteiger partial charge >= 0.3 is 0 Å². The van der Waals surface area contributed by atoms with Gasteiger partial charge in [0.05, 0.1) is 0 Å². The molecule has 1 aromatic rings. The smallest absolute Gasteiger partial charge is 0.137 e. The maximum atomic E-state index is 12.9. The fourth-order valence-corrected chi connectivity index (χ4v) is 2.25. The lowest BCUT2D eigenvalue weighted by atomic mass is 9.91. The highest BCUT2D eigenvalue weighted by atomic mass is 79.9. The molecule has 0 N–H and O–H groups in total. The lowest BCUT2D eigenvalue weighted by molar-refractivity contribution is -0.118. The number of halogens is 2. The first-order valence-electron chi connectivity index (χ1n) is 4.15. The lowest BCUT2D eigenvalue weighted by Crippen LogP contribution is -2.14. The highest BCUT2D eigenvalue weighted by Crippen LogP contribution is 2.27. The summed E-state index contributed by atoms with van der Waals surface area (Å²) in [7, 11) is 0. The fraction of sp³-hybridized carbons (Fsp3) is 0.300. The second-order valence-electron chi connectivity index (χ2n) is 3.24. The molecule has 3 heteroatoms. The standard InChI is InChI=1S/C10H8BrFO/c11-10-4-7(12)3-6-1-2-8(13)5-9(6)10/h3-4H,1-2,5H2. The van der Waals surface area contributed by atoms with Gasteiger partial charge in [-0.1, -0.05) is 15.9 Å². The molecule has 68 valence electrons. The van der Waals surface area contributed by atoms with Gasteiger partial charge in [0.2, 0.25) is 0 Å². The summed E-state index contributed by atoms with van der Waals surface area (Å²) < 4.78 is 13.7. The lowest BCUT2D eigenvalue weighted by Gasteiger charge is -2.16. The van der Waals surface area contributed by atoms with E-state index >= 15 is 0 Å². The van der Waals surface area contributed by atoms with E-state index in [4.69, 9.17) is 0 Å². The SMILES string of the molecule is O=C1CCc2cc(F)cc(Br)c2C1. The van der Waals surface area contributed by atoms with Crippen LogP contribution >= 0.6 is 15.9 Å². The minimum atomic E-state index is -0.236. The van der Waals surface area contributed by atoms with E-state index in [0.717, 1.165) is 15.6 Å². The van der Waals surface area contributed by atoms with Crippen molar-refractivity contribution in [1.82, 2.24) is 0 Å². The molecule has 0 saturated heterocycles. The summed E-state index contributed by atoms with van der Waals surface area (Å²) in [4.78, 5) is 11.1. The number of rotatable bonds is 0. The van der Waals surface area contributed by atoms with Gasteiger partial charge in [0.15, 0.2) is 0 Å². The Kier molecular flexibility index (Phi) is 2.20. The maximum Gasteiger partial charge on any atom is 0.137 e. The molecular formula is C10H8BrFO. The Bertz CT molecular complexity index is 373. The Hall–Kier alpha value is -0.700. The van der Waals surface area contributed by atoms with Crippen LogP contribution in [0.1, 0.15) is 17.5 Å². The molecule has 0 atom stereocenters. The third kappa shape index (κ3) is 1.66. The third-order valence-electron chi connectivity index (χ3n) is 2.30. The first-order chi connectivity index (χ1) is 6.16. The van der Waals surface area contributed by atoms with Crippen LogP contribution in [-0.4, -0.2) is 5.78 Å². The summed E-state index contributed by atoms with van der Waals surface area (Å²) in [5, 5.41) is 0. The van der Waals surface area contributed by atoms with Gasteiger partial charge < -0.3 is 0 Å². The molecule has 13 heavy (non-hydrogen) atoms. The molecule has 2 rings (SSSR count). The summed E-state index contributed by atoms with van der Waals surface area (Å²) in [5.41, 5.74) is 1.92. The molecular weight excluding hydrogens is 235 g/mol. The van der Waals surface area contributed by atoms with E-state index in [1.807, 2.05) is 0 Å². The fourth-order valence-electron chi connectivity index (χ4n) is 1.64. The first kappa shape index (κ1) is 8.88. The minimum Gasteiger partial charge on any atom is -0.299 e. The molecule has 0 fully saturated rings. The molecule has 0 amide bonds. The van der Waals surface area contributed by atoms with Crippen LogP contribution in [0.4, 0.5) is 4.39 Å². The topological polar surface area (TPSA) is 17.1 Å². The van der Waals surface area contributed by atoms with Crippen LogP contribution in [0.3, 0.4) is 0 Å². The van der Waals surface area contributed by atoms with Crippen molar-refractivity contribution >= 4 is 21.7 Å². The van der Waals surface area contributed by atoms with Gasteiger partial charge in [0.25, 0.3) is 0 Å².